The molecule has 0 aromatic heterocycles. The van der Waals surface area contributed by atoms with Crippen molar-refractivity contribution in [1.29, 1.82) is 0 Å². The molecular weight excluding hydrogens is 303 g/mol. The first kappa shape index (κ1) is 14.3. The molecule has 1 N–H and O–H groups in total. The van der Waals surface area contributed by atoms with Gasteiger partial charge in [0.1, 0.15) is 5.56 Å². The van der Waals surface area contributed by atoms with Crippen molar-refractivity contribution < 1.29 is 9.72 Å². The maximum absolute atomic E-state index is 12.1. The zero-order valence-corrected chi connectivity index (χ0v) is 11.5. The number of halogens is 2. The van der Waals surface area contributed by atoms with Crippen LogP contribution in [0.1, 0.15) is 10.4 Å². The molecule has 2 rings (SSSR count). The lowest BCUT2D eigenvalue weighted by Crippen LogP contribution is -2.14. The number of rotatable bonds is 3. The molecule has 0 fully saturated rings. The van der Waals surface area contributed by atoms with Crippen LogP contribution in [0.25, 0.3) is 0 Å². The first-order chi connectivity index (χ1) is 9.49. The van der Waals surface area contributed by atoms with Crippen LogP contribution in [-0.2, 0) is 0 Å². The molecule has 0 spiro atoms. The maximum atomic E-state index is 12.1. The van der Waals surface area contributed by atoms with E-state index in [-0.39, 0.29) is 11.3 Å². The summed E-state index contributed by atoms with van der Waals surface area (Å²) in [6.45, 7) is 0. The number of para-hydroxylation sites is 1. The number of benzene rings is 2. The molecule has 0 saturated heterocycles. The Hall–Kier alpha value is -2.11. The van der Waals surface area contributed by atoms with Crippen LogP contribution in [0, 0.1) is 10.1 Å². The van der Waals surface area contributed by atoms with Crippen LogP contribution in [0.2, 0.25) is 10.0 Å². The van der Waals surface area contributed by atoms with Gasteiger partial charge in [-0.2, -0.15) is 0 Å². The molecule has 2 aromatic carbocycles. The second-order valence-corrected chi connectivity index (χ2v) is 4.70. The van der Waals surface area contributed by atoms with Gasteiger partial charge in [0.15, 0.2) is 0 Å². The summed E-state index contributed by atoms with van der Waals surface area (Å²) in [7, 11) is 0. The van der Waals surface area contributed by atoms with Crippen molar-refractivity contribution in [3.05, 3.63) is 68.2 Å². The highest BCUT2D eigenvalue weighted by Gasteiger charge is 2.19. The van der Waals surface area contributed by atoms with Crippen molar-refractivity contribution in [1.82, 2.24) is 0 Å². The van der Waals surface area contributed by atoms with E-state index in [1.807, 2.05) is 0 Å². The third-order valence-corrected chi connectivity index (χ3v) is 3.09. The van der Waals surface area contributed by atoms with Crippen molar-refractivity contribution >= 4 is 40.5 Å². The third kappa shape index (κ3) is 3.07. The molecule has 20 heavy (non-hydrogen) atoms. The van der Waals surface area contributed by atoms with E-state index < -0.39 is 10.8 Å². The monoisotopic (exact) mass is 310 g/mol. The van der Waals surface area contributed by atoms with Gasteiger partial charge in [-0.3, -0.25) is 14.9 Å². The summed E-state index contributed by atoms with van der Waals surface area (Å²) in [6, 6.07) is 10.2. The quantitative estimate of drug-likeness (QED) is 0.683. The molecule has 0 aliphatic carbocycles. The highest BCUT2D eigenvalue weighted by molar-refractivity contribution is 6.35. The summed E-state index contributed by atoms with van der Waals surface area (Å²) in [6.07, 6.45) is 0. The predicted octanol–water partition coefficient (Wildman–Crippen LogP) is 4.15. The molecule has 0 saturated carbocycles. The topological polar surface area (TPSA) is 72.2 Å². The second-order valence-electron chi connectivity index (χ2n) is 3.85. The lowest BCUT2D eigenvalue weighted by molar-refractivity contribution is -0.385. The van der Waals surface area contributed by atoms with E-state index in [9.17, 15) is 14.9 Å². The molecule has 1 amide bonds. The first-order valence-electron chi connectivity index (χ1n) is 5.49. The Morgan fingerprint density at radius 2 is 1.85 bits per heavy atom. The van der Waals surface area contributed by atoms with Crippen LogP contribution in [0.4, 0.5) is 11.4 Å². The summed E-state index contributed by atoms with van der Waals surface area (Å²) in [5.41, 5.74) is -0.0287. The maximum Gasteiger partial charge on any atom is 0.282 e. The van der Waals surface area contributed by atoms with Crippen molar-refractivity contribution in [2.45, 2.75) is 0 Å². The summed E-state index contributed by atoms with van der Waals surface area (Å²) < 4.78 is 0. The van der Waals surface area contributed by atoms with Crippen LogP contribution in [0.15, 0.2) is 42.5 Å². The van der Waals surface area contributed by atoms with E-state index in [0.29, 0.717) is 15.7 Å². The number of nitrogens with zero attached hydrogens (tertiary/aromatic N) is 1. The van der Waals surface area contributed by atoms with E-state index in [4.69, 9.17) is 23.2 Å². The summed E-state index contributed by atoms with van der Waals surface area (Å²) in [5.74, 6) is -0.624. The van der Waals surface area contributed by atoms with Gasteiger partial charge in [0.2, 0.25) is 0 Å². The van der Waals surface area contributed by atoms with Crippen LogP contribution in [-0.4, -0.2) is 10.8 Å². The normalized spacial score (nSPS) is 10.1. The van der Waals surface area contributed by atoms with Gasteiger partial charge in [-0.25, -0.2) is 0 Å². The minimum absolute atomic E-state index is 0.0476. The average molecular weight is 311 g/mol. The van der Waals surface area contributed by atoms with Crippen LogP contribution in [0.3, 0.4) is 0 Å². The highest BCUT2D eigenvalue weighted by Crippen LogP contribution is 2.27. The predicted molar refractivity (Wildman–Crippen MR) is 77.5 cm³/mol. The molecular formula is C13H8Cl2N2O3. The second kappa shape index (κ2) is 5.90. The molecule has 0 radical (unpaired) electrons. The smallest absolute Gasteiger partial charge is 0.282 e. The summed E-state index contributed by atoms with van der Waals surface area (Å²) in [4.78, 5) is 22.3. The molecule has 7 heteroatoms. The summed E-state index contributed by atoms with van der Waals surface area (Å²) >= 11 is 11.7. The molecule has 0 aliphatic heterocycles. The molecule has 102 valence electrons. The van der Waals surface area contributed by atoms with Gasteiger partial charge in [0, 0.05) is 11.1 Å². The van der Waals surface area contributed by atoms with E-state index >= 15 is 0 Å². The van der Waals surface area contributed by atoms with Crippen LogP contribution < -0.4 is 5.32 Å². The molecule has 0 heterocycles. The number of carbonyl (C=O) groups is 1. The lowest BCUT2D eigenvalue weighted by Gasteiger charge is -2.08. The van der Waals surface area contributed by atoms with Gasteiger partial charge in [0.25, 0.3) is 11.6 Å². The SMILES string of the molecule is O=C(Nc1cc(Cl)ccc1Cl)c1ccccc1[N+](=O)[O-]. The molecule has 0 bridgehead atoms. The van der Waals surface area contributed by atoms with Crippen molar-refractivity contribution in [3.8, 4) is 0 Å². The fourth-order valence-corrected chi connectivity index (χ4v) is 1.94. The number of amides is 1. The van der Waals surface area contributed by atoms with E-state index in [1.165, 1.54) is 30.3 Å². The number of hydrogen-bond donors (Lipinski definition) is 1. The van der Waals surface area contributed by atoms with Gasteiger partial charge in [-0.05, 0) is 24.3 Å². The van der Waals surface area contributed by atoms with Gasteiger partial charge in [-0.15, -0.1) is 0 Å². The minimum atomic E-state index is -0.624. The number of hydrogen-bond acceptors (Lipinski definition) is 3. The van der Waals surface area contributed by atoms with E-state index in [0.717, 1.165) is 0 Å². The molecule has 5 nitrogen and oxygen atoms in total. The van der Waals surface area contributed by atoms with Gasteiger partial charge in [-0.1, -0.05) is 35.3 Å². The van der Waals surface area contributed by atoms with Crippen LogP contribution in [0.5, 0.6) is 0 Å². The Bertz CT molecular complexity index is 689. The Balaban J connectivity index is 2.33. The Kier molecular flexibility index (Phi) is 4.22. The Morgan fingerprint density at radius 1 is 1.15 bits per heavy atom. The molecule has 0 aliphatic rings. The van der Waals surface area contributed by atoms with Crippen LogP contribution >= 0.6 is 23.2 Å². The van der Waals surface area contributed by atoms with Crippen molar-refractivity contribution in [3.63, 3.8) is 0 Å². The fourth-order valence-electron chi connectivity index (χ4n) is 1.61. The molecule has 0 atom stereocenters. The van der Waals surface area contributed by atoms with Gasteiger partial charge >= 0.3 is 0 Å². The zero-order valence-electron chi connectivity index (χ0n) is 9.97. The fraction of sp³-hybridized carbons (Fsp3) is 0. The number of anilines is 1. The Labute approximate surface area is 124 Å². The zero-order chi connectivity index (χ0) is 14.7. The standard InChI is InChI=1S/C13H8Cl2N2O3/c14-8-5-6-10(15)11(7-8)16-13(18)9-3-1-2-4-12(9)17(19)20/h1-7H,(H,16,18). The number of nitrogens with one attached hydrogen (secondary N) is 1. The molecule has 0 unspecified atom stereocenters. The van der Waals surface area contributed by atoms with Crippen molar-refractivity contribution in [2.75, 3.05) is 5.32 Å². The van der Waals surface area contributed by atoms with Crippen molar-refractivity contribution in [2.24, 2.45) is 0 Å². The van der Waals surface area contributed by atoms with Gasteiger partial charge < -0.3 is 5.32 Å². The Morgan fingerprint density at radius 3 is 2.55 bits per heavy atom. The van der Waals surface area contributed by atoms with E-state index in [2.05, 4.69) is 5.32 Å². The largest absolute Gasteiger partial charge is 0.320 e. The number of nitro groups is 1. The summed E-state index contributed by atoms with van der Waals surface area (Å²) in [5, 5.41) is 14.1. The average Bonchev–Trinajstić information content (AvgIpc) is 2.42. The van der Waals surface area contributed by atoms with E-state index in [1.54, 1.807) is 12.1 Å². The third-order valence-electron chi connectivity index (χ3n) is 2.52. The number of carbonyl (C=O) groups excluding carboxylic acids is 1. The lowest BCUT2D eigenvalue weighted by atomic mass is 10.1. The van der Waals surface area contributed by atoms with Gasteiger partial charge in [0.05, 0.1) is 15.6 Å². The number of nitro benzene ring substituents is 1. The first-order valence-corrected chi connectivity index (χ1v) is 6.24. The highest BCUT2D eigenvalue weighted by atomic mass is 35.5. The minimum Gasteiger partial charge on any atom is -0.320 e. The molecule has 2 aromatic rings.